The van der Waals surface area contributed by atoms with Gasteiger partial charge >= 0.3 is 5.97 Å². The zero-order chi connectivity index (χ0) is 18.2. The minimum Gasteiger partial charge on any atom is -0.497 e. The third-order valence-electron chi connectivity index (χ3n) is 3.40. The Morgan fingerprint density at radius 3 is 2.56 bits per heavy atom. The fraction of sp³-hybridized carbons (Fsp3) is 0.222. The van der Waals surface area contributed by atoms with Gasteiger partial charge in [-0.3, -0.25) is 4.79 Å². The molecule has 132 valence electrons. The number of hydrogen-bond donors (Lipinski definition) is 1. The minimum absolute atomic E-state index is 0.281. The quantitative estimate of drug-likeness (QED) is 0.714. The summed E-state index contributed by atoms with van der Waals surface area (Å²) >= 11 is 3.27. The lowest BCUT2D eigenvalue weighted by molar-refractivity contribution is -0.124. The maximum absolute atomic E-state index is 12.1. The lowest BCUT2D eigenvalue weighted by Gasteiger charge is -2.10. The van der Waals surface area contributed by atoms with Gasteiger partial charge in [-0.15, -0.1) is 0 Å². The lowest BCUT2D eigenvalue weighted by atomic mass is 10.2. The zero-order valence-electron chi connectivity index (χ0n) is 13.9. The number of carbonyl (C=O) groups is 2. The van der Waals surface area contributed by atoms with Crippen molar-refractivity contribution in [1.82, 2.24) is 5.32 Å². The van der Waals surface area contributed by atoms with Crippen LogP contribution in [-0.2, 0) is 16.1 Å². The van der Waals surface area contributed by atoms with Gasteiger partial charge in [0.2, 0.25) is 0 Å². The van der Waals surface area contributed by atoms with E-state index in [1.54, 1.807) is 25.3 Å². The third-order valence-corrected chi connectivity index (χ3v) is 4.09. The first-order valence-corrected chi connectivity index (χ1v) is 8.23. The van der Waals surface area contributed by atoms with Crippen LogP contribution in [0.5, 0.6) is 11.5 Å². The van der Waals surface area contributed by atoms with E-state index in [-0.39, 0.29) is 18.7 Å². The van der Waals surface area contributed by atoms with Gasteiger partial charge in [-0.1, -0.05) is 18.2 Å². The summed E-state index contributed by atoms with van der Waals surface area (Å²) in [5.41, 5.74) is 1.12. The van der Waals surface area contributed by atoms with Gasteiger partial charge in [0.25, 0.3) is 5.91 Å². The molecule has 0 heterocycles. The van der Waals surface area contributed by atoms with Crippen LogP contribution in [0.4, 0.5) is 0 Å². The van der Waals surface area contributed by atoms with Crippen molar-refractivity contribution in [3.63, 3.8) is 0 Å². The number of methoxy groups -OCH3 is 2. The molecule has 1 amide bonds. The summed E-state index contributed by atoms with van der Waals surface area (Å²) in [5.74, 6) is 0.187. The number of nitrogens with one attached hydrogen (secondary N) is 1. The molecule has 1 N–H and O–H groups in total. The second-order valence-electron chi connectivity index (χ2n) is 5.01. The van der Waals surface area contributed by atoms with Crippen molar-refractivity contribution in [3.8, 4) is 11.5 Å². The standard InChI is InChI=1S/C18H18BrNO5/c1-23-13-7-8-15(19)14(9-13)18(22)25-11-17(21)20-10-12-5-3-4-6-16(12)24-2/h3-9H,10-11H2,1-2H3,(H,20,21). The molecule has 0 saturated heterocycles. The highest BCUT2D eigenvalue weighted by Gasteiger charge is 2.15. The van der Waals surface area contributed by atoms with Gasteiger partial charge in [0, 0.05) is 16.6 Å². The van der Waals surface area contributed by atoms with Gasteiger partial charge in [-0.25, -0.2) is 4.79 Å². The first kappa shape index (κ1) is 18.8. The SMILES string of the molecule is COc1ccc(Br)c(C(=O)OCC(=O)NCc2ccccc2OC)c1. The maximum atomic E-state index is 12.1. The molecule has 0 bridgehead atoms. The fourth-order valence-electron chi connectivity index (χ4n) is 2.09. The van der Waals surface area contributed by atoms with Crippen molar-refractivity contribution in [2.75, 3.05) is 20.8 Å². The Balaban J connectivity index is 1.88. The number of carbonyl (C=O) groups excluding carboxylic acids is 2. The van der Waals surface area contributed by atoms with E-state index < -0.39 is 11.9 Å². The normalized spacial score (nSPS) is 10.0. The van der Waals surface area contributed by atoms with Crippen molar-refractivity contribution in [3.05, 3.63) is 58.1 Å². The van der Waals surface area contributed by atoms with E-state index in [0.717, 1.165) is 5.56 Å². The van der Waals surface area contributed by atoms with Gasteiger partial charge in [-0.05, 0) is 40.2 Å². The van der Waals surface area contributed by atoms with Crippen LogP contribution in [0.15, 0.2) is 46.9 Å². The Morgan fingerprint density at radius 2 is 1.84 bits per heavy atom. The average molecular weight is 408 g/mol. The van der Waals surface area contributed by atoms with Crippen LogP contribution in [0.2, 0.25) is 0 Å². The van der Waals surface area contributed by atoms with Crippen molar-refractivity contribution in [1.29, 1.82) is 0 Å². The molecule has 6 nitrogen and oxygen atoms in total. The van der Waals surface area contributed by atoms with Crippen molar-refractivity contribution >= 4 is 27.8 Å². The second-order valence-corrected chi connectivity index (χ2v) is 5.86. The molecule has 2 aromatic rings. The molecule has 0 saturated carbocycles. The Morgan fingerprint density at radius 1 is 1.08 bits per heavy atom. The maximum Gasteiger partial charge on any atom is 0.339 e. The predicted octanol–water partition coefficient (Wildman–Crippen LogP) is 2.94. The summed E-state index contributed by atoms with van der Waals surface area (Å²) in [7, 11) is 3.07. The van der Waals surface area contributed by atoms with Crippen LogP contribution in [0.25, 0.3) is 0 Å². The molecule has 0 fully saturated rings. The number of hydrogen-bond acceptors (Lipinski definition) is 5. The Bertz CT molecular complexity index is 763. The highest BCUT2D eigenvalue weighted by atomic mass is 79.9. The van der Waals surface area contributed by atoms with Crippen molar-refractivity contribution in [2.24, 2.45) is 0 Å². The molecule has 25 heavy (non-hydrogen) atoms. The smallest absolute Gasteiger partial charge is 0.339 e. The number of esters is 1. The molecular weight excluding hydrogens is 390 g/mol. The van der Waals surface area contributed by atoms with Crippen LogP contribution < -0.4 is 14.8 Å². The first-order valence-electron chi connectivity index (χ1n) is 7.44. The summed E-state index contributed by atoms with van der Waals surface area (Å²) in [6.07, 6.45) is 0. The van der Waals surface area contributed by atoms with Crippen LogP contribution in [-0.4, -0.2) is 32.7 Å². The van der Waals surface area contributed by atoms with Crippen LogP contribution in [0, 0.1) is 0 Å². The monoisotopic (exact) mass is 407 g/mol. The van der Waals surface area contributed by atoms with E-state index in [0.29, 0.717) is 16.0 Å². The summed E-state index contributed by atoms with van der Waals surface area (Å²) in [5, 5.41) is 2.69. The van der Waals surface area contributed by atoms with Gasteiger partial charge in [0.15, 0.2) is 6.61 Å². The molecule has 0 aliphatic rings. The van der Waals surface area contributed by atoms with Crippen LogP contribution >= 0.6 is 15.9 Å². The Hall–Kier alpha value is -2.54. The van der Waals surface area contributed by atoms with E-state index in [1.165, 1.54) is 7.11 Å². The van der Waals surface area contributed by atoms with E-state index in [1.807, 2.05) is 24.3 Å². The van der Waals surface area contributed by atoms with Crippen LogP contribution in [0.3, 0.4) is 0 Å². The molecule has 2 rings (SSSR count). The first-order chi connectivity index (χ1) is 12.0. The summed E-state index contributed by atoms with van der Waals surface area (Å²) < 4.78 is 15.9. The third kappa shape index (κ3) is 5.22. The van der Waals surface area contributed by atoms with Gasteiger partial charge in [0.05, 0.1) is 19.8 Å². The van der Waals surface area contributed by atoms with E-state index in [9.17, 15) is 9.59 Å². The summed E-state index contributed by atoms with van der Waals surface area (Å²) in [6, 6.07) is 12.3. The van der Waals surface area contributed by atoms with E-state index in [2.05, 4.69) is 21.2 Å². The molecule has 2 aromatic carbocycles. The number of benzene rings is 2. The summed E-state index contributed by atoms with van der Waals surface area (Å²) in [6.45, 7) is -0.0963. The van der Waals surface area contributed by atoms with Gasteiger partial charge < -0.3 is 19.5 Å². The number of rotatable bonds is 7. The lowest BCUT2D eigenvalue weighted by Crippen LogP contribution is -2.28. The van der Waals surface area contributed by atoms with Gasteiger partial charge in [0.1, 0.15) is 11.5 Å². The van der Waals surface area contributed by atoms with E-state index >= 15 is 0 Å². The van der Waals surface area contributed by atoms with Crippen molar-refractivity contribution < 1.29 is 23.8 Å². The molecular formula is C18H18BrNO5. The Kier molecular flexibility index (Phi) is 6.82. The Labute approximate surface area is 154 Å². The number of amides is 1. The topological polar surface area (TPSA) is 73.9 Å². The zero-order valence-corrected chi connectivity index (χ0v) is 15.5. The number of para-hydroxylation sites is 1. The minimum atomic E-state index is -0.613. The number of halogens is 1. The highest BCUT2D eigenvalue weighted by molar-refractivity contribution is 9.10. The van der Waals surface area contributed by atoms with Crippen molar-refractivity contribution in [2.45, 2.75) is 6.54 Å². The highest BCUT2D eigenvalue weighted by Crippen LogP contribution is 2.23. The molecule has 0 aliphatic heterocycles. The number of ether oxygens (including phenoxy) is 3. The average Bonchev–Trinajstić information content (AvgIpc) is 2.65. The molecule has 0 spiro atoms. The van der Waals surface area contributed by atoms with E-state index in [4.69, 9.17) is 14.2 Å². The fourth-order valence-corrected chi connectivity index (χ4v) is 2.50. The summed E-state index contributed by atoms with van der Waals surface area (Å²) in [4.78, 5) is 24.0. The molecule has 0 aromatic heterocycles. The van der Waals surface area contributed by atoms with Crippen LogP contribution in [0.1, 0.15) is 15.9 Å². The largest absolute Gasteiger partial charge is 0.497 e. The molecule has 0 atom stereocenters. The predicted molar refractivity (Wildman–Crippen MR) is 95.8 cm³/mol. The molecule has 0 radical (unpaired) electrons. The van der Waals surface area contributed by atoms with Gasteiger partial charge in [-0.2, -0.15) is 0 Å². The molecule has 7 heteroatoms. The molecule has 0 aliphatic carbocycles. The molecule has 0 unspecified atom stereocenters. The second kappa shape index (κ2) is 9.08.